The third-order valence-electron chi connectivity index (χ3n) is 6.73. The molecule has 0 aliphatic rings. The fourth-order valence-corrected chi connectivity index (χ4v) is 4.60. The van der Waals surface area contributed by atoms with Crippen LogP contribution >= 0.6 is 0 Å². The summed E-state index contributed by atoms with van der Waals surface area (Å²) in [7, 11) is 1.36. The number of carbonyl (C=O) groups excluding carboxylic acids is 2. The lowest BCUT2D eigenvalue weighted by atomic mass is 9.87. The minimum atomic E-state index is -0.639. The predicted molar refractivity (Wildman–Crippen MR) is 152 cm³/mol. The molecule has 0 aliphatic heterocycles. The maximum absolute atomic E-state index is 13.4. The highest BCUT2D eigenvalue weighted by Gasteiger charge is 2.31. The Bertz CT molecular complexity index is 1410. The van der Waals surface area contributed by atoms with Gasteiger partial charge >= 0.3 is 5.97 Å². The Kier molecular flexibility index (Phi) is 9.19. The molecule has 0 radical (unpaired) electrons. The summed E-state index contributed by atoms with van der Waals surface area (Å²) in [6.45, 7) is 0. The zero-order chi connectivity index (χ0) is 27.6. The molecule has 4 N–H and O–H groups in total. The lowest BCUT2D eigenvalue weighted by molar-refractivity contribution is -0.146. The topological polar surface area (TPSA) is 118 Å². The van der Waals surface area contributed by atoms with Crippen LogP contribution in [0.5, 0.6) is 0 Å². The lowest BCUT2D eigenvalue weighted by Gasteiger charge is -2.27. The Labute approximate surface area is 228 Å². The first-order chi connectivity index (χ1) is 18.9. The standard InChI is InChI=1S/C32H32N4O3/c1-39-32(38)28(20-23-9-5-10-26(19-23)30(33)34)29(17-12-22-7-3-2-4-8-22)36-31(37)25-15-13-24(14-16-25)27-11-6-18-35-21-27/h2-11,13-16,18-19,21,28-29H,12,17,20H2,1H3,(H3,33,34)(H,36,37). The maximum atomic E-state index is 13.4. The van der Waals surface area contributed by atoms with Crippen molar-refractivity contribution in [3.05, 3.63) is 126 Å². The number of nitrogens with two attached hydrogens (primary N) is 1. The molecule has 0 bridgehead atoms. The molecule has 1 heterocycles. The molecule has 0 fully saturated rings. The normalized spacial score (nSPS) is 12.2. The fourth-order valence-electron chi connectivity index (χ4n) is 4.60. The van der Waals surface area contributed by atoms with Crippen molar-refractivity contribution < 1.29 is 14.3 Å². The molecule has 2 unspecified atom stereocenters. The highest BCUT2D eigenvalue weighted by atomic mass is 16.5. The fraction of sp³-hybridized carbons (Fsp3) is 0.188. The van der Waals surface area contributed by atoms with Gasteiger partial charge in [-0.05, 0) is 65.8 Å². The Morgan fingerprint density at radius 1 is 0.897 bits per heavy atom. The Morgan fingerprint density at radius 3 is 2.31 bits per heavy atom. The zero-order valence-electron chi connectivity index (χ0n) is 21.8. The molecule has 39 heavy (non-hydrogen) atoms. The minimum absolute atomic E-state index is 0.0462. The molecule has 0 saturated carbocycles. The van der Waals surface area contributed by atoms with Gasteiger partial charge in [-0.25, -0.2) is 0 Å². The summed E-state index contributed by atoms with van der Waals surface area (Å²) in [6, 6.07) is 27.8. The van der Waals surface area contributed by atoms with Crippen LogP contribution in [0.25, 0.3) is 11.1 Å². The first-order valence-corrected chi connectivity index (χ1v) is 12.8. The second-order valence-electron chi connectivity index (χ2n) is 9.37. The third-order valence-corrected chi connectivity index (χ3v) is 6.73. The third kappa shape index (κ3) is 7.38. The molecule has 0 spiro atoms. The van der Waals surface area contributed by atoms with Gasteiger partial charge in [0.15, 0.2) is 0 Å². The maximum Gasteiger partial charge on any atom is 0.311 e. The van der Waals surface area contributed by atoms with Crippen LogP contribution in [-0.4, -0.2) is 35.8 Å². The number of amides is 1. The van der Waals surface area contributed by atoms with Gasteiger partial charge in [0.25, 0.3) is 5.91 Å². The number of rotatable bonds is 11. The molecule has 1 amide bonds. The smallest absolute Gasteiger partial charge is 0.311 e. The van der Waals surface area contributed by atoms with Crippen LogP contribution in [-0.2, 0) is 22.4 Å². The zero-order valence-corrected chi connectivity index (χ0v) is 21.8. The molecule has 4 rings (SSSR count). The number of nitrogen functional groups attached to an aromatic ring is 1. The molecule has 7 heteroatoms. The van der Waals surface area contributed by atoms with Crippen molar-refractivity contribution in [1.29, 1.82) is 5.41 Å². The molecular formula is C32H32N4O3. The van der Waals surface area contributed by atoms with E-state index < -0.39 is 17.9 Å². The molecule has 3 aromatic carbocycles. The summed E-state index contributed by atoms with van der Waals surface area (Å²) in [6.07, 6.45) is 5.03. The number of nitrogens with one attached hydrogen (secondary N) is 2. The monoisotopic (exact) mass is 520 g/mol. The van der Waals surface area contributed by atoms with Gasteiger partial charge in [0, 0.05) is 29.6 Å². The number of hydrogen-bond donors (Lipinski definition) is 3. The van der Waals surface area contributed by atoms with Gasteiger partial charge in [-0.2, -0.15) is 0 Å². The van der Waals surface area contributed by atoms with Crippen molar-refractivity contribution in [2.24, 2.45) is 11.7 Å². The van der Waals surface area contributed by atoms with Gasteiger partial charge in [0.2, 0.25) is 0 Å². The van der Waals surface area contributed by atoms with E-state index in [0.717, 1.165) is 22.3 Å². The molecule has 4 aromatic rings. The molecule has 198 valence electrons. The molecule has 0 aliphatic carbocycles. The predicted octanol–water partition coefficient (Wildman–Crippen LogP) is 4.80. The van der Waals surface area contributed by atoms with Gasteiger partial charge in [-0.15, -0.1) is 0 Å². The summed E-state index contributed by atoms with van der Waals surface area (Å²) in [4.78, 5) is 30.6. The number of amidine groups is 1. The first-order valence-electron chi connectivity index (χ1n) is 12.8. The van der Waals surface area contributed by atoms with Crippen LogP contribution < -0.4 is 11.1 Å². The molecule has 7 nitrogen and oxygen atoms in total. The Balaban J connectivity index is 1.59. The van der Waals surface area contributed by atoms with E-state index in [4.69, 9.17) is 15.9 Å². The van der Waals surface area contributed by atoms with Gasteiger partial charge in [-0.1, -0.05) is 66.7 Å². The van der Waals surface area contributed by atoms with E-state index in [9.17, 15) is 9.59 Å². The van der Waals surface area contributed by atoms with Crippen LogP contribution in [0.1, 0.15) is 33.5 Å². The lowest BCUT2D eigenvalue weighted by Crippen LogP contribution is -2.45. The van der Waals surface area contributed by atoms with E-state index in [-0.39, 0.29) is 11.7 Å². The van der Waals surface area contributed by atoms with Crippen molar-refractivity contribution in [3.8, 4) is 11.1 Å². The van der Waals surface area contributed by atoms with Gasteiger partial charge in [0.1, 0.15) is 5.84 Å². The van der Waals surface area contributed by atoms with Crippen molar-refractivity contribution in [2.75, 3.05) is 7.11 Å². The number of hydrogen-bond acceptors (Lipinski definition) is 5. The van der Waals surface area contributed by atoms with Gasteiger partial charge in [-0.3, -0.25) is 20.0 Å². The number of esters is 1. The van der Waals surface area contributed by atoms with Crippen molar-refractivity contribution in [1.82, 2.24) is 10.3 Å². The van der Waals surface area contributed by atoms with Gasteiger partial charge < -0.3 is 15.8 Å². The summed E-state index contributed by atoms with van der Waals surface area (Å²) in [5.41, 5.74) is 10.6. The summed E-state index contributed by atoms with van der Waals surface area (Å²) < 4.78 is 5.18. The largest absolute Gasteiger partial charge is 0.469 e. The van der Waals surface area contributed by atoms with Crippen LogP contribution in [0.3, 0.4) is 0 Å². The van der Waals surface area contributed by atoms with Crippen LogP contribution in [0, 0.1) is 11.3 Å². The van der Waals surface area contributed by atoms with Gasteiger partial charge in [0.05, 0.1) is 13.0 Å². The number of ether oxygens (including phenoxy) is 1. The summed E-state index contributed by atoms with van der Waals surface area (Å²) in [5.74, 6) is -1.36. The molecule has 2 atom stereocenters. The highest BCUT2D eigenvalue weighted by Crippen LogP contribution is 2.22. The van der Waals surface area contributed by atoms with Crippen molar-refractivity contribution >= 4 is 17.7 Å². The number of carbonyl (C=O) groups is 2. The number of benzene rings is 3. The van der Waals surface area contributed by atoms with E-state index >= 15 is 0 Å². The molecular weight excluding hydrogens is 488 g/mol. The van der Waals surface area contributed by atoms with Crippen molar-refractivity contribution in [2.45, 2.75) is 25.3 Å². The van der Waals surface area contributed by atoms with Crippen molar-refractivity contribution in [3.63, 3.8) is 0 Å². The number of aromatic nitrogens is 1. The van der Waals surface area contributed by atoms with E-state index in [1.807, 2.05) is 66.7 Å². The second-order valence-corrected chi connectivity index (χ2v) is 9.37. The number of aryl methyl sites for hydroxylation is 1. The number of pyridine rings is 1. The average Bonchev–Trinajstić information content (AvgIpc) is 2.99. The SMILES string of the molecule is COC(=O)C(Cc1cccc(C(=N)N)c1)C(CCc1ccccc1)NC(=O)c1ccc(-c2cccnc2)cc1. The Morgan fingerprint density at radius 2 is 1.64 bits per heavy atom. The molecule has 0 saturated heterocycles. The van der Waals surface area contributed by atoms with Crippen LogP contribution in [0.4, 0.5) is 0 Å². The van der Waals surface area contributed by atoms with Crippen LogP contribution in [0.2, 0.25) is 0 Å². The summed E-state index contributed by atoms with van der Waals surface area (Å²) >= 11 is 0. The van der Waals surface area contributed by atoms with E-state index in [2.05, 4.69) is 10.3 Å². The minimum Gasteiger partial charge on any atom is -0.469 e. The summed E-state index contributed by atoms with van der Waals surface area (Å²) in [5, 5.41) is 10.9. The second kappa shape index (κ2) is 13.1. The molecule has 1 aromatic heterocycles. The average molecular weight is 521 g/mol. The number of nitrogens with zero attached hydrogens (tertiary/aromatic N) is 1. The quantitative estimate of drug-likeness (QED) is 0.149. The van der Waals surface area contributed by atoms with E-state index in [1.165, 1.54) is 7.11 Å². The Hall–Kier alpha value is -4.78. The van der Waals surface area contributed by atoms with Crippen LogP contribution in [0.15, 0.2) is 103 Å². The van der Waals surface area contributed by atoms with E-state index in [0.29, 0.717) is 30.4 Å². The number of methoxy groups -OCH3 is 1. The van der Waals surface area contributed by atoms with E-state index in [1.54, 1.807) is 36.7 Å². The first kappa shape index (κ1) is 27.3. The highest BCUT2D eigenvalue weighted by molar-refractivity contribution is 5.96.